The van der Waals surface area contributed by atoms with Gasteiger partial charge in [0.1, 0.15) is 4.83 Å². The average molecular weight is 283 g/mol. The third kappa shape index (κ3) is 2.91. The Bertz CT molecular complexity index is 633. The normalized spacial score (nSPS) is 10.9. The predicted molar refractivity (Wildman–Crippen MR) is 74.2 cm³/mol. The van der Waals surface area contributed by atoms with Crippen LogP contribution < -0.4 is 11.3 Å². The minimum Gasteiger partial charge on any atom is -0.370 e. The number of aryl methyl sites for hydroxylation is 1. The molecular weight excluding hydrogens is 270 g/mol. The number of thioether (sulfide) groups is 1. The van der Waals surface area contributed by atoms with E-state index < -0.39 is 0 Å². The number of primary amides is 1. The molecule has 2 heterocycles. The fourth-order valence-corrected chi connectivity index (χ4v) is 3.30. The Morgan fingerprint density at radius 3 is 3.06 bits per heavy atom. The van der Waals surface area contributed by atoms with Gasteiger partial charge >= 0.3 is 0 Å². The minimum absolute atomic E-state index is 0.127. The lowest BCUT2D eigenvalue weighted by Gasteiger charge is -1.98. The molecule has 0 aliphatic heterocycles. The van der Waals surface area contributed by atoms with E-state index in [4.69, 9.17) is 5.73 Å². The van der Waals surface area contributed by atoms with Crippen LogP contribution in [0.25, 0.3) is 10.2 Å². The molecule has 0 saturated carbocycles. The molecule has 0 atom stereocenters. The van der Waals surface area contributed by atoms with E-state index in [-0.39, 0.29) is 17.9 Å². The van der Waals surface area contributed by atoms with Crippen LogP contribution in [0.4, 0.5) is 0 Å². The van der Waals surface area contributed by atoms with E-state index in [1.807, 2.05) is 13.0 Å². The molecule has 0 saturated heterocycles. The maximum absolute atomic E-state index is 11.8. The van der Waals surface area contributed by atoms with Crippen LogP contribution in [-0.4, -0.2) is 21.6 Å². The van der Waals surface area contributed by atoms with E-state index in [9.17, 15) is 9.59 Å². The lowest BCUT2D eigenvalue weighted by atomic mass is 10.3. The lowest BCUT2D eigenvalue weighted by molar-refractivity contribution is -0.117. The van der Waals surface area contributed by atoms with Gasteiger partial charge in [-0.15, -0.1) is 11.3 Å². The summed E-state index contributed by atoms with van der Waals surface area (Å²) in [5.74, 6) is 0.172. The Balaban J connectivity index is 2.25. The molecule has 2 rings (SSSR count). The number of hydrogen-bond acceptors (Lipinski definition) is 5. The maximum atomic E-state index is 11.8. The standard InChI is InChI=1S/C11H13N3O2S2/c1-2-6-5-7-9(16)13-11(14-10(7)18-6)17-4-3-8(12)15/h5H,2-4H2,1H3,(H2,12,15)(H,13,14,16). The largest absolute Gasteiger partial charge is 0.370 e. The number of hydrogen-bond donors (Lipinski definition) is 2. The first kappa shape index (κ1) is 13.1. The fourth-order valence-electron chi connectivity index (χ4n) is 1.45. The third-order valence-corrected chi connectivity index (χ3v) is 4.42. The SMILES string of the molecule is CCc1cc2c(=O)[nH]c(SCCC(N)=O)nc2s1. The number of nitrogens with one attached hydrogen (secondary N) is 1. The Kier molecular flexibility index (Phi) is 4.03. The van der Waals surface area contributed by atoms with Crippen LogP contribution in [0.3, 0.4) is 0 Å². The number of H-pyrrole nitrogens is 1. The molecule has 7 heteroatoms. The average Bonchev–Trinajstić information content (AvgIpc) is 2.72. The van der Waals surface area contributed by atoms with Crippen LogP contribution in [0.5, 0.6) is 0 Å². The van der Waals surface area contributed by atoms with Crippen molar-refractivity contribution in [3.8, 4) is 0 Å². The Morgan fingerprint density at radius 1 is 1.61 bits per heavy atom. The van der Waals surface area contributed by atoms with Gasteiger partial charge in [0.2, 0.25) is 5.91 Å². The van der Waals surface area contributed by atoms with Crippen molar-refractivity contribution in [2.24, 2.45) is 5.73 Å². The van der Waals surface area contributed by atoms with Crippen LogP contribution in [-0.2, 0) is 11.2 Å². The van der Waals surface area contributed by atoms with Gasteiger partial charge in [0.25, 0.3) is 5.56 Å². The molecule has 0 spiro atoms. The van der Waals surface area contributed by atoms with Crippen molar-refractivity contribution in [3.05, 3.63) is 21.3 Å². The minimum atomic E-state index is -0.352. The van der Waals surface area contributed by atoms with Crippen molar-refractivity contribution in [3.63, 3.8) is 0 Å². The number of nitrogens with zero attached hydrogens (tertiary/aromatic N) is 1. The highest BCUT2D eigenvalue weighted by Gasteiger charge is 2.08. The number of carbonyl (C=O) groups excluding carboxylic acids is 1. The number of thiophene rings is 1. The van der Waals surface area contributed by atoms with Crippen molar-refractivity contribution in [1.82, 2.24) is 9.97 Å². The van der Waals surface area contributed by atoms with E-state index in [0.29, 0.717) is 16.3 Å². The van der Waals surface area contributed by atoms with Gasteiger partial charge in [-0.3, -0.25) is 9.59 Å². The molecule has 18 heavy (non-hydrogen) atoms. The van der Waals surface area contributed by atoms with Gasteiger partial charge in [0.15, 0.2) is 5.16 Å². The van der Waals surface area contributed by atoms with Crippen molar-refractivity contribution < 1.29 is 4.79 Å². The van der Waals surface area contributed by atoms with Crippen LogP contribution in [0, 0.1) is 0 Å². The van der Waals surface area contributed by atoms with Crippen molar-refractivity contribution >= 4 is 39.2 Å². The van der Waals surface area contributed by atoms with E-state index in [1.165, 1.54) is 23.1 Å². The number of aromatic amines is 1. The smallest absolute Gasteiger partial charge is 0.260 e. The molecule has 0 radical (unpaired) electrons. The van der Waals surface area contributed by atoms with Crippen LogP contribution in [0.1, 0.15) is 18.2 Å². The molecule has 0 unspecified atom stereocenters. The fraction of sp³-hybridized carbons (Fsp3) is 0.364. The van der Waals surface area contributed by atoms with Gasteiger partial charge in [-0.25, -0.2) is 4.98 Å². The van der Waals surface area contributed by atoms with Crippen LogP contribution >= 0.6 is 23.1 Å². The number of rotatable bonds is 5. The zero-order valence-corrected chi connectivity index (χ0v) is 11.5. The first-order valence-corrected chi connectivity index (χ1v) is 7.34. The first-order valence-electron chi connectivity index (χ1n) is 5.54. The molecule has 2 aromatic heterocycles. The van der Waals surface area contributed by atoms with Gasteiger partial charge < -0.3 is 10.7 Å². The Hall–Kier alpha value is -1.34. The molecule has 0 fully saturated rings. The summed E-state index contributed by atoms with van der Waals surface area (Å²) in [6.07, 6.45) is 1.17. The molecule has 0 aliphatic carbocycles. The van der Waals surface area contributed by atoms with Crippen LogP contribution in [0.15, 0.2) is 16.0 Å². The summed E-state index contributed by atoms with van der Waals surface area (Å²) in [6.45, 7) is 2.04. The summed E-state index contributed by atoms with van der Waals surface area (Å²) >= 11 is 2.86. The first-order chi connectivity index (χ1) is 8.60. The zero-order chi connectivity index (χ0) is 13.1. The van der Waals surface area contributed by atoms with Crippen LogP contribution in [0.2, 0.25) is 0 Å². The third-order valence-electron chi connectivity index (χ3n) is 2.37. The summed E-state index contributed by atoms with van der Waals surface area (Å²) in [5, 5.41) is 1.18. The predicted octanol–water partition coefficient (Wildman–Crippen LogP) is 1.51. The summed E-state index contributed by atoms with van der Waals surface area (Å²) in [7, 11) is 0. The number of amides is 1. The van der Waals surface area contributed by atoms with E-state index in [1.54, 1.807) is 0 Å². The number of fused-ring (bicyclic) bond motifs is 1. The number of carbonyl (C=O) groups is 1. The van der Waals surface area contributed by atoms with Crippen molar-refractivity contribution in [2.75, 3.05) is 5.75 Å². The van der Waals surface area contributed by atoms with E-state index in [0.717, 1.165) is 16.1 Å². The summed E-state index contributed by atoms with van der Waals surface area (Å²) in [4.78, 5) is 31.4. The molecule has 96 valence electrons. The molecule has 0 aromatic carbocycles. The summed E-state index contributed by atoms with van der Waals surface area (Å²) < 4.78 is 0. The quantitative estimate of drug-likeness (QED) is 0.643. The van der Waals surface area contributed by atoms with Crippen molar-refractivity contribution in [1.29, 1.82) is 0 Å². The monoisotopic (exact) mass is 283 g/mol. The number of nitrogens with two attached hydrogens (primary N) is 1. The number of aromatic nitrogens is 2. The molecule has 0 bridgehead atoms. The Morgan fingerprint density at radius 2 is 2.39 bits per heavy atom. The molecule has 3 N–H and O–H groups in total. The highest BCUT2D eigenvalue weighted by Crippen LogP contribution is 2.23. The van der Waals surface area contributed by atoms with Gasteiger partial charge in [0.05, 0.1) is 5.39 Å². The van der Waals surface area contributed by atoms with E-state index >= 15 is 0 Å². The second kappa shape index (κ2) is 5.53. The highest BCUT2D eigenvalue weighted by atomic mass is 32.2. The van der Waals surface area contributed by atoms with Gasteiger partial charge in [-0.2, -0.15) is 0 Å². The molecular formula is C11H13N3O2S2. The van der Waals surface area contributed by atoms with Gasteiger partial charge in [-0.05, 0) is 12.5 Å². The van der Waals surface area contributed by atoms with Gasteiger partial charge in [-0.1, -0.05) is 18.7 Å². The van der Waals surface area contributed by atoms with Gasteiger partial charge in [0, 0.05) is 17.1 Å². The maximum Gasteiger partial charge on any atom is 0.260 e. The summed E-state index contributed by atoms with van der Waals surface area (Å²) in [6, 6.07) is 1.88. The molecule has 2 aromatic rings. The molecule has 5 nitrogen and oxygen atoms in total. The summed E-state index contributed by atoms with van der Waals surface area (Å²) in [5.41, 5.74) is 4.93. The lowest BCUT2D eigenvalue weighted by Crippen LogP contribution is -2.12. The van der Waals surface area contributed by atoms with Crippen molar-refractivity contribution in [2.45, 2.75) is 24.9 Å². The zero-order valence-electron chi connectivity index (χ0n) is 9.86. The second-order valence-corrected chi connectivity index (χ2v) is 5.92. The second-order valence-electron chi connectivity index (χ2n) is 3.72. The molecule has 0 aliphatic rings. The van der Waals surface area contributed by atoms with E-state index in [2.05, 4.69) is 9.97 Å². The molecule has 1 amide bonds. The Labute approximate surface area is 112 Å². The highest BCUT2D eigenvalue weighted by molar-refractivity contribution is 7.99. The topological polar surface area (TPSA) is 88.8 Å².